The number of cyclic esters (lactones) is 1. The zero-order chi connectivity index (χ0) is 21.6. The molecule has 1 aliphatic rings. The Bertz CT molecular complexity index is 531. The maximum atomic E-state index is 12.6. The van der Waals surface area contributed by atoms with E-state index >= 15 is 0 Å². The standard InChI is InChI=1S/C23H39NO5/c1-5-7-9-11-13-19-21(29-22(19)26)15-18(12-10-8-6-2)28-23(27)20(24-16-25)14-17(3)4/h6,8,16-21H,5,7,9-15H2,1-4H3,(H,24,25)/b8-6+/t18-,19-,20-,21-/m0/s1. The fourth-order valence-corrected chi connectivity index (χ4v) is 3.67. The Labute approximate surface area is 175 Å². The van der Waals surface area contributed by atoms with Crippen molar-refractivity contribution in [1.82, 2.24) is 5.32 Å². The fourth-order valence-electron chi connectivity index (χ4n) is 3.67. The van der Waals surface area contributed by atoms with Crippen molar-refractivity contribution in [2.75, 3.05) is 0 Å². The lowest BCUT2D eigenvalue weighted by atomic mass is 9.86. The average molecular weight is 410 g/mol. The van der Waals surface area contributed by atoms with Gasteiger partial charge in [-0.25, -0.2) is 4.79 Å². The van der Waals surface area contributed by atoms with Crippen LogP contribution in [0.1, 0.15) is 85.5 Å². The number of hydrogen-bond acceptors (Lipinski definition) is 5. The van der Waals surface area contributed by atoms with Crippen LogP contribution in [0.2, 0.25) is 0 Å². The molecule has 29 heavy (non-hydrogen) atoms. The lowest BCUT2D eigenvalue weighted by molar-refractivity contribution is -0.190. The van der Waals surface area contributed by atoms with Crippen molar-refractivity contribution in [3.63, 3.8) is 0 Å². The molecular formula is C23H39NO5. The van der Waals surface area contributed by atoms with Gasteiger partial charge in [-0.15, -0.1) is 0 Å². The molecule has 0 aromatic heterocycles. The fraction of sp³-hybridized carbons (Fsp3) is 0.783. The van der Waals surface area contributed by atoms with Gasteiger partial charge in [0.1, 0.15) is 18.2 Å². The molecule has 6 heteroatoms. The van der Waals surface area contributed by atoms with Crippen LogP contribution in [0.15, 0.2) is 12.2 Å². The maximum absolute atomic E-state index is 12.6. The van der Waals surface area contributed by atoms with Crippen molar-refractivity contribution < 1.29 is 23.9 Å². The molecular weight excluding hydrogens is 370 g/mol. The van der Waals surface area contributed by atoms with Gasteiger partial charge in [-0.3, -0.25) is 9.59 Å². The average Bonchev–Trinajstić information content (AvgIpc) is 2.66. The highest BCUT2D eigenvalue weighted by atomic mass is 16.6. The Morgan fingerprint density at radius 3 is 2.62 bits per heavy atom. The Morgan fingerprint density at radius 2 is 2.03 bits per heavy atom. The minimum absolute atomic E-state index is 0.0886. The van der Waals surface area contributed by atoms with Gasteiger partial charge in [-0.2, -0.15) is 0 Å². The second-order valence-corrected chi connectivity index (χ2v) is 8.34. The third-order valence-electron chi connectivity index (χ3n) is 5.32. The van der Waals surface area contributed by atoms with E-state index in [4.69, 9.17) is 9.47 Å². The molecule has 1 heterocycles. The molecule has 0 aromatic carbocycles. The van der Waals surface area contributed by atoms with Gasteiger partial charge in [0.15, 0.2) is 0 Å². The van der Waals surface area contributed by atoms with Gasteiger partial charge in [-0.05, 0) is 38.5 Å². The van der Waals surface area contributed by atoms with E-state index < -0.39 is 12.0 Å². The monoisotopic (exact) mass is 409 g/mol. The van der Waals surface area contributed by atoms with Crippen LogP contribution in [0.25, 0.3) is 0 Å². The summed E-state index contributed by atoms with van der Waals surface area (Å²) in [5.41, 5.74) is 0. The molecule has 6 nitrogen and oxygen atoms in total. The van der Waals surface area contributed by atoms with Gasteiger partial charge in [0.25, 0.3) is 0 Å². The summed E-state index contributed by atoms with van der Waals surface area (Å²) < 4.78 is 11.1. The minimum atomic E-state index is -0.648. The predicted molar refractivity (Wildman–Crippen MR) is 113 cm³/mol. The Kier molecular flexibility index (Phi) is 12.3. The molecule has 1 N–H and O–H groups in total. The van der Waals surface area contributed by atoms with Crippen LogP contribution in [-0.2, 0) is 23.9 Å². The number of amides is 1. The van der Waals surface area contributed by atoms with E-state index in [0.717, 1.165) is 32.1 Å². The summed E-state index contributed by atoms with van der Waals surface area (Å²) in [6.07, 6.45) is 11.8. The first kappa shape index (κ1) is 25.2. The summed E-state index contributed by atoms with van der Waals surface area (Å²) in [5, 5.41) is 2.57. The zero-order valence-electron chi connectivity index (χ0n) is 18.5. The predicted octanol–water partition coefficient (Wildman–Crippen LogP) is 4.32. The van der Waals surface area contributed by atoms with Gasteiger partial charge in [0, 0.05) is 6.42 Å². The van der Waals surface area contributed by atoms with Crippen LogP contribution in [0.4, 0.5) is 0 Å². The van der Waals surface area contributed by atoms with Crippen LogP contribution >= 0.6 is 0 Å². The highest BCUT2D eigenvalue weighted by Crippen LogP contribution is 2.32. The highest BCUT2D eigenvalue weighted by Gasteiger charge is 2.43. The first-order valence-corrected chi connectivity index (χ1v) is 11.1. The molecule has 1 aliphatic heterocycles. The summed E-state index contributed by atoms with van der Waals surface area (Å²) >= 11 is 0. The van der Waals surface area contributed by atoms with Crippen molar-refractivity contribution in [1.29, 1.82) is 0 Å². The van der Waals surface area contributed by atoms with Crippen LogP contribution in [-0.4, -0.2) is 36.6 Å². The molecule has 0 radical (unpaired) electrons. The summed E-state index contributed by atoms with van der Waals surface area (Å²) in [7, 11) is 0. The summed E-state index contributed by atoms with van der Waals surface area (Å²) in [5.74, 6) is -0.386. The molecule has 0 spiro atoms. The quantitative estimate of drug-likeness (QED) is 0.178. The Hall–Kier alpha value is -1.85. The van der Waals surface area contributed by atoms with Crippen molar-refractivity contribution >= 4 is 18.3 Å². The number of nitrogens with one attached hydrogen (secondary N) is 1. The second-order valence-electron chi connectivity index (χ2n) is 8.34. The Morgan fingerprint density at radius 1 is 1.28 bits per heavy atom. The van der Waals surface area contributed by atoms with Gasteiger partial charge in [-0.1, -0.05) is 58.6 Å². The smallest absolute Gasteiger partial charge is 0.328 e. The van der Waals surface area contributed by atoms with E-state index in [-0.39, 0.29) is 30.0 Å². The van der Waals surface area contributed by atoms with Crippen molar-refractivity contribution in [3.05, 3.63) is 12.2 Å². The van der Waals surface area contributed by atoms with Crippen LogP contribution < -0.4 is 5.32 Å². The molecule has 4 atom stereocenters. The molecule has 1 amide bonds. The van der Waals surface area contributed by atoms with E-state index in [9.17, 15) is 14.4 Å². The van der Waals surface area contributed by atoms with Gasteiger partial charge < -0.3 is 14.8 Å². The second kappa shape index (κ2) is 14.2. The molecule has 166 valence electrons. The van der Waals surface area contributed by atoms with Crippen molar-refractivity contribution in [2.24, 2.45) is 11.8 Å². The topological polar surface area (TPSA) is 81.7 Å². The van der Waals surface area contributed by atoms with Crippen molar-refractivity contribution in [2.45, 2.75) is 104 Å². The molecule has 0 bridgehead atoms. The van der Waals surface area contributed by atoms with E-state index in [1.807, 2.05) is 32.9 Å². The van der Waals surface area contributed by atoms with Gasteiger partial charge >= 0.3 is 11.9 Å². The van der Waals surface area contributed by atoms with E-state index in [1.54, 1.807) is 0 Å². The SMILES string of the molecule is C/C=C/CC[C@@H](C[C@@H]1OC(=O)[C@H]1CCCCCC)OC(=O)[C@H](CC(C)C)NC=O. The highest BCUT2D eigenvalue weighted by molar-refractivity contribution is 5.79. The third-order valence-corrected chi connectivity index (χ3v) is 5.32. The number of ether oxygens (including phenoxy) is 2. The number of carbonyl (C=O) groups excluding carboxylic acids is 3. The molecule has 1 rings (SSSR count). The molecule has 1 fully saturated rings. The van der Waals surface area contributed by atoms with Gasteiger partial charge in [0.05, 0.1) is 5.92 Å². The number of carbonyl (C=O) groups is 3. The first-order chi connectivity index (χ1) is 13.9. The first-order valence-electron chi connectivity index (χ1n) is 11.1. The number of unbranched alkanes of at least 4 members (excludes halogenated alkanes) is 3. The lowest BCUT2D eigenvalue weighted by Gasteiger charge is -2.37. The van der Waals surface area contributed by atoms with Crippen LogP contribution in [0.5, 0.6) is 0 Å². The van der Waals surface area contributed by atoms with Gasteiger partial charge in [0.2, 0.25) is 6.41 Å². The molecule has 0 saturated carbocycles. The number of hydrogen-bond donors (Lipinski definition) is 1. The Balaban J connectivity index is 2.67. The normalized spacial score (nSPS) is 20.8. The van der Waals surface area contributed by atoms with Crippen LogP contribution in [0, 0.1) is 11.8 Å². The summed E-state index contributed by atoms with van der Waals surface area (Å²) in [6.45, 7) is 8.10. The third kappa shape index (κ3) is 9.46. The van der Waals surface area contributed by atoms with E-state index in [1.165, 1.54) is 6.42 Å². The largest absolute Gasteiger partial charge is 0.461 e. The summed E-state index contributed by atoms with van der Waals surface area (Å²) in [6, 6.07) is -0.648. The molecule has 1 saturated heterocycles. The number of esters is 2. The minimum Gasteiger partial charge on any atom is -0.461 e. The summed E-state index contributed by atoms with van der Waals surface area (Å²) in [4.78, 5) is 35.4. The maximum Gasteiger partial charge on any atom is 0.328 e. The van der Waals surface area contributed by atoms with Crippen molar-refractivity contribution in [3.8, 4) is 0 Å². The van der Waals surface area contributed by atoms with E-state index in [2.05, 4.69) is 12.2 Å². The molecule has 0 aromatic rings. The zero-order valence-corrected chi connectivity index (χ0v) is 18.5. The van der Waals surface area contributed by atoms with Crippen LogP contribution in [0.3, 0.4) is 0 Å². The van der Waals surface area contributed by atoms with E-state index in [0.29, 0.717) is 25.7 Å². The lowest BCUT2D eigenvalue weighted by Crippen LogP contribution is -2.48. The molecule has 0 aliphatic carbocycles. The number of allylic oxidation sites excluding steroid dienone is 2. The molecule has 0 unspecified atom stereocenters. The number of rotatable bonds is 16.